The Hall–Kier alpha value is -3.04. The van der Waals surface area contributed by atoms with Crippen molar-refractivity contribution in [3.8, 4) is 11.4 Å². The van der Waals surface area contributed by atoms with Crippen molar-refractivity contribution in [1.82, 2.24) is 24.4 Å². The molecule has 3 heterocycles. The van der Waals surface area contributed by atoms with Crippen molar-refractivity contribution in [3.63, 3.8) is 0 Å². The highest BCUT2D eigenvalue weighted by atomic mass is 35.5. The van der Waals surface area contributed by atoms with Gasteiger partial charge in [-0.25, -0.2) is 9.78 Å². The van der Waals surface area contributed by atoms with E-state index >= 15 is 0 Å². The van der Waals surface area contributed by atoms with E-state index in [1.54, 1.807) is 0 Å². The fourth-order valence-electron chi connectivity index (χ4n) is 4.66. The molecule has 0 amide bonds. The first kappa shape index (κ1) is 22.7. The average Bonchev–Trinajstić information content (AvgIpc) is 3.32. The van der Waals surface area contributed by atoms with Gasteiger partial charge in [-0.1, -0.05) is 29.8 Å². The number of hydrogen-bond donors (Lipinski definition) is 2. The molecule has 5 rings (SSSR count). The summed E-state index contributed by atoms with van der Waals surface area (Å²) in [5, 5.41) is -0.352. The van der Waals surface area contributed by atoms with E-state index in [9.17, 15) is 18.0 Å². The second-order valence-corrected chi connectivity index (χ2v) is 9.08. The number of alkyl halides is 3. The zero-order valence-corrected chi connectivity index (χ0v) is 19.2. The molecular formula is C24H23ClF3N5O. The van der Waals surface area contributed by atoms with Crippen LogP contribution in [0.4, 0.5) is 13.2 Å². The van der Waals surface area contributed by atoms with Gasteiger partial charge in [-0.2, -0.15) is 13.2 Å². The number of piperidine rings is 1. The molecule has 0 bridgehead atoms. The molecule has 34 heavy (non-hydrogen) atoms. The maximum Gasteiger partial charge on any atom is 0.417 e. The summed E-state index contributed by atoms with van der Waals surface area (Å²) < 4.78 is 40.8. The van der Waals surface area contributed by atoms with Gasteiger partial charge in [0.05, 0.1) is 27.3 Å². The smallest absolute Gasteiger partial charge is 0.342 e. The second kappa shape index (κ2) is 8.63. The molecule has 4 aromatic rings. The average molecular weight is 490 g/mol. The van der Waals surface area contributed by atoms with Gasteiger partial charge >= 0.3 is 11.9 Å². The van der Waals surface area contributed by atoms with E-state index in [2.05, 4.69) is 19.9 Å². The van der Waals surface area contributed by atoms with Crippen molar-refractivity contribution in [2.45, 2.75) is 38.5 Å². The minimum absolute atomic E-state index is 0.0809. The molecule has 0 atom stereocenters. The molecule has 0 spiro atoms. The molecule has 1 fully saturated rings. The predicted octanol–water partition coefficient (Wildman–Crippen LogP) is 5.54. The van der Waals surface area contributed by atoms with Gasteiger partial charge in [-0.05, 0) is 44.0 Å². The number of aromatic nitrogens is 4. The summed E-state index contributed by atoms with van der Waals surface area (Å²) in [4.78, 5) is 25.5. The highest BCUT2D eigenvalue weighted by molar-refractivity contribution is 6.31. The lowest BCUT2D eigenvalue weighted by atomic mass is 10.0. The third-order valence-electron chi connectivity index (χ3n) is 6.45. The van der Waals surface area contributed by atoms with Crippen molar-refractivity contribution in [2.24, 2.45) is 0 Å². The van der Waals surface area contributed by atoms with Gasteiger partial charge in [0.2, 0.25) is 0 Å². The summed E-state index contributed by atoms with van der Waals surface area (Å²) in [6.45, 7) is 4.14. The maximum atomic E-state index is 13.0. The molecule has 1 saturated heterocycles. The monoisotopic (exact) mass is 489 g/mol. The van der Waals surface area contributed by atoms with E-state index in [0.717, 1.165) is 54.4 Å². The van der Waals surface area contributed by atoms with E-state index in [4.69, 9.17) is 11.6 Å². The van der Waals surface area contributed by atoms with Gasteiger partial charge in [0, 0.05) is 36.9 Å². The highest BCUT2D eigenvalue weighted by Crippen LogP contribution is 2.36. The Kier molecular flexibility index (Phi) is 5.77. The first-order chi connectivity index (χ1) is 16.2. The van der Waals surface area contributed by atoms with Crippen LogP contribution >= 0.6 is 11.6 Å². The van der Waals surface area contributed by atoms with E-state index < -0.39 is 11.7 Å². The number of halogens is 4. The van der Waals surface area contributed by atoms with Crippen LogP contribution in [-0.2, 0) is 12.7 Å². The quantitative estimate of drug-likeness (QED) is 0.395. The lowest BCUT2D eigenvalue weighted by Gasteiger charge is -2.32. The number of fused-ring (bicyclic) bond motifs is 1. The van der Waals surface area contributed by atoms with Gasteiger partial charge in [-0.15, -0.1) is 0 Å². The first-order valence-corrected chi connectivity index (χ1v) is 11.4. The lowest BCUT2D eigenvalue weighted by molar-refractivity contribution is -0.137. The minimum atomic E-state index is -4.50. The summed E-state index contributed by atoms with van der Waals surface area (Å²) in [6, 6.07) is 11.5. The van der Waals surface area contributed by atoms with E-state index in [1.807, 2.05) is 35.8 Å². The second-order valence-electron chi connectivity index (χ2n) is 8.67. The number of rotatable bonds is 4. The van der Waals surface area contributed by atoms with Crippen molar-refractivity contribution < 1.29 is 13.2 Å². The molecular weight excluding hydrogens is 467 g/mol. The standard InChI is InChI=1S/C24H23ClF3N5O/c1-14-20(30-22(29-14)15-6-7-17(18(25)12-15)24(26,27)28)13-32-10-8-16(9-11-32)33-21-5-3-2-4-19(21)31-23(33)34/h2-7,12,16H,8-11,13H2,1H3,(H,29,30)(H,31,34). The number of imidazole rings is 2. The summed E-state index contributed by atoms with van der Waals surface area (Å²) in [5.74, 6) is 0.489. The largest absolute Gasteiger partial charge is 0.417 e. The number of nitrogens with zero attached hydrogens (tertiary/aromatic N) is 3. The summed E-state index contributed by atoms with van der Waals surface area (Å²) in [5.41, 5.74) is 3.03. The van der Waals surface area contributed by atoms with Gasteiger partial charge in [-0.3, -0.25) is 9.47 Å². The molecule has 6 nitrogen and oxygen atoms in total. The van der Waals surface area contributed by atoms with Gasteiger partial charge < -0.3 is 9.97 Å². The maximum absolute atomic E-state index is 13.0. The zero-order valence-electron chi connectivity index (χ0n) is 18.4. The lowest BCUT2D eigenvalue weighted by Crippen LogP contribution is -2.36. The number of benzene rings is 2. The van der Waals surface area contributed by atoms with Crippen molar-refractivity contribution >= 4 is 22.6 Å². The molecule has 2 N–H and O–H groups in total. The number of nitrogens with one attached hydrogen (secondary N) is 2. The van der Waals surface area contributed by atoms with Crippen LogP contribution in [0.25, 0.3) is 22.4 Å². The Morgan fingerprint density at radius 3 is 2.56 bits per heavy atom. The Labute approximate surface area is 198 Å². The molecule has 10 heteroatoms. The van der Waals surface area contributed by atoms with Crippen LogP contribution in [0.15, 0.2) is 47.3 Å². The number of para-hydroxylation sites is 2. The molecule has 0 unspecified atom stereocenters. The number of H-pyrrole nitrogens is 2. The predicted molar refractivity (Wildman–Crippen MR) is 125 cm³/mol. The van der Waals surface area contributed by atoms with Crippen LogP contribution in [0.5, 0.6) is 0 Å². The Morgan fingerprint density at radius 1 is 1.12 bits per heavy atom. The first-order valence-electron chi connectivity index (χ1n) is 11.0. The normalized spacial score (nSPS) is 15.9. The van der Waals surface area contributed by atoms with Crippen molar-refractivity contribution in [1.29, 1.82) is 0 Å². The fraction of sp³-hybridized carbons (Fsp3) is 0.333. The molecule has 0 saturated carbocycles. The molecule has 2 aromatic carbocycles. The Balaban J connectivity index is 1.28. The fourth-order valence-corrected chi connectivity index (χ4v) is 4.95. The van der Waals surface area contributed by atoms with Gasteiger partial charge in [0.25, 0.3) is 0 Å². The zero-order chi connectivity index (χ0) is 24.0. The molecule has 1 aliphatic rings. The molecule has 1 aliphatic heterocycles. The van der Waals surface area contributed by atoms with Crippen LogP contribution < -0.4 is 5.69 Å². The Morgan fingerprint density at radius 2 is 1.85 bits per heavy atom. The third kappa shape index (κ3) is 4.25. The highest BCUT2D eigenvalue weighted by Gasteiger charge is 2.33. The molecule has 178 valence electrons. The van der Waals surface area contributed by atoms with E-state index in [-0.39, 0.29) is 16.8 Å². The minimum Gasteiger partial charge on any atom is -0.342 e. The van der Waals surface area contributed by atoms with Crippen LogP contribution in [0, 0.1) is 6.92 Å². The summed E-state index contributed by atoms with van der Waals surface area (Å²) in [7, 11) is 0. The molecule has 0 aliphatic carbocycles. The number of likely N-dealkylation sites (tertiary alicyclic amines) is 1. The van der Waals surface area contributed by atoms with Crippen molar-refractivity contribution in [2.75, 3.05) is 13.1 Å². The summed E-state index contributed by atoms with van der Waals surface area (Å²) in [6.07, 6.45) is -2.82. The molecule has 2 aromatic heterocycles. The summed E-state index contributed by atoms with van der Waals surface area (Å²) >= 11 is 5.87. The topological polar surface area (TPSA) is 69.7 Å². The SMILES string of the molecule is Cc1[nH]c(-c2ccc(C(F)(F)F)c(Cl)c2)nc1CN1CCC(n2c(=O)[nH]c3ccccc32)CC1. The number of aryl methyl sites for hydroxylation is 1. The number of aromatic amines is 2. The number of hydrogen-bond acceptors (Lipinski definition) is 3. The van der Waals surface area contributed by atoms with Gasteiger partial charge in [0.1, 0.15) is 5.82 Å². The van der Waals surface area contributed by atoms with Crippen LogP contribution in [-0.4, -0.2) is 37.5 Å². The third-order valence-corrected chi connectivity index (χ3v) is 6.77. The van der Waals surface area contributed by atoms with Gasteiger partial charge in [0.15, 0.2) is 0 Å². The van der Waals surface area contributed by atoms with Crippen LogP contribution in [0.1, 0.15) is 35.8 Å². The molecule has 0 radical (unpaired) electrons. The van der Waals surface area contributed by atoms with E-state index in [0.29, 0.717) is 17.9 Å². The Bertz CT molecular complexity index is 1400. The van der Waals surface area contributed by atoms with E-state index in [1.165, 1.54) is 12.1 Å². The van der Waals surface area contributed by atoms with Crippen LogP contribution in [0.2, 0.25) is 5.02 Å². The van der Waals surface area contributed by atoms with Crippen LogP contribution in [0.3, 0.4) is 0 Å². The van der Waals surface area contributed by atoms with Crippen molar-refractivity contribution in [3.05, 3.63) is 74.9 Å².